The van der Waals surface area contributed by atoms with Gasteiger partial charge in [0.15, 0.2) is 0 Å². The number of rotatable bonds is 7. The molecule has 0 aliphatic carbocycles. The maximum Gasteiger partial charge on any atom is 0.233 e. The number of aliphatic hydroxyl groups excluding tert-OH is 1. The van der Waals surface area contributed by atoms with Crippen molar-refractivity contribution in [2.24, 2.45) is 0 Å². The van der Waals surface area contributed by atoms with Gasteiger partial charge >= 0.3 is 0 Å². The van der Waals surface area contributed by atoms with Crippen LogP contribution in [0.4, 0.5) is 0 Å². The Morgan fingerprint density at radius 1 is 1.25 bits per heavy atom. The van der Waals surface area contributed by atoms with Gasteiger partial charge in [0.1, 0.15) is 12.4 Å². The molecule has 1 saturated heterocycles. The van der Waals surface area contributed by atoms with Gasteiger partial charge in [-0.05, 0) is 24.1 Å². The maximum atomic E-state index is 10.0. The van der Waals surface area contributed by atoms with Gasteiger partial charge in [-0.1, -0.05) is 12.1 Å². The molecule has 1 aliphatic rings. The third-order valence-corrected chi connectivity index (χ3v) is 4.07. The molecule has 7 nitrogen and oxygen atoms in total. The molecule has 0 unspecified atom stereocenters. The second kappa shape index (κ2) is 7.74. The average Bonchev–Trinajstić information content (AvgIpc) is 3.15. The molecular weight excluding hydrogens is 310 g/mol. The summed E-state index contributed by atoms with van der Waals surface area (Å²) in [5.41, 5.74) is 1.14. The number of methoxy groups -OCH3 is 1. The van der Waals surface area contributed by atoms with Crippen LogP contribution >= 0.6 is 0 Å². The first-order valence-corrected chi connectivity index (χ1v) is 8.08. The predicted octanol–water partition coefficient (Wildman–Crippen LogP) is 1.71. The van der Waals surface area contributed by atoms with Crippen molar-refractivity contribution < 1.29 is 19.0 Å². The summed E-state index contributed by atoms with van der Waals surface area (Å²) in [6.07, 6.45) is 0.235. The summed E-state index contributed by atoms with van der Waals surface area (Å²) < 4.78 is 16.1. The van der Waals surface area contributed by atoms with E-state index in [1.165, 1.54) is 0 Å². The van der Waals surface area contributed by atoms with Crippen LogP contribution in [0.3, 0.4) is 0 Å². The second-order valence-electron chi connectivity index (χ2n) is 5.98. The lowest BCUT2D eigenvalue weighted by molar-refractivity contribution is 0.146. The molecule has 0 amide bonds. The molecule has 3 rings (SSSR count). The minimum atomic E-state index is -0.376. The maximum absolute atomic E-state index is 10.0. The van der Waals surface area contributed by atoms with Crippen LogP contribution in [0.2, 0.25) is 0 Å². The Morgan fingerprint density at radius 2 is 2.04 bits per heavy atom. The van der Waals surface area contributed by atoms with E-state index < -0.39 is 0 Å². The molecule has 1 aromatic carbocycles. The lowest BCUT2D eigenvalue weighted by Gasteiger charge is -2.21. The predicted molar refractivity (Wildman–Crippen MR) is 86.6 cm³/mol. The Balaban J connectivity index is 1.63. The molecule has 1 N–H and O–H groups in total. The fourth-order valence-electron chi connectivity index (χ4n) is 2.93. The van der Waals surface area contributed by atoms with E-state index in [0.29, 0.717) is 44.5 Å². The normalized spacial score (nSPS) is 21.3. The lowest BCUT2D eigenvalue weighted by Crippen LogP contribution is -2.24. The van der Waals surface area contributed by atoms with E-state index >= 15 is 0 Å². The molecule has 2 aromatic rings. The molecule has 1 fully saturated rings. The number of β-amino-alcohol motifs (C(OH)–C–C–N with tert-alkyl or cyclic N) is 1. The summed E-state index contributed by atoms with van der Waals surface area (Å²) in [6.45, 7) is 4.18. The smallest absolute Gasteiger partial charge is 0.233 e. The molecule has 2 heterocycles. The summed E-state index contributed by atoms with van der Waals surface area (Å²) in [5.74, 6) is 1.94. The molecule has 130 valence electrons. The molecule has 2 atom stereocenters. The van der Waals surface area contributed by atoms with Gasteiger partial charge in [0.25, 0.3) is 0 Å². The van der Waals surface area contributed by atoms with Crippen molar-refractivity contribution in [2.75, 3.05) is 26.9 Å². The fourth-order valence-corrected chi connectivity index (χ4v) is 2.93. The van der Waals surface area contributed by atoms with Crippen LogP contribution in [0.15, 0.2) is 28.7 Å². The van der Waals surface area contributed by atoms with Crippen LogP contribution in [0.5, 0.6) is 5.75 Å². The molecule has 1 aliphatic heterocycles. The Labute approximate surface area is 141 Å². The SMILES string of the molecule is COCCOc1ccc(CN2C[C@H](O)C[C@@H]2c2nnc(C)o2)cc1. The highest BCUT2D eigenvalue weighted by molar-refractivity contribution is 5.27. The molecular formula is C17H23N3O4. The number of hydrogen-bond donors (Lipinski definition) is 1. The van der Waals surface area contributed by atoms with Crippen molar-refractivity contribution in [2.45, 2.75) is 32.0 Å². The number of aromatic nitrogens is 2. The van der Waals surface area contributed by atoms with Gasteiger partial charge in [0, 0.05) is 27.1 Å². The first-order chi connectivity index (χ1) is 11.7. The van der Waals surface area contributed by atoms with E-state index in [-0.39, 0.29) is 12.1 Å². The molecule has 7 heteroatoms. The number of ether oxygens (including phenoxy) is 2. The minimum Gasteiger partial charge on any atom is -0.491 e. The van der Waals surface area contributed by atoms with E-state index in [1.54, 1.807) is 14.0 Å². The standard InChI is InChI=1S/C17H23N3O4/c1-12-18-19-17(24-12)16-9-14(21)11-20(16)10-13-3-5-15(6-4-13)23-8-7-22-2/h3-6,14,16,21H,7-11H2,1-2H3/t14-,16-/m1/s1. The number of aryl methyl sites for hydroxylation is 1. The highest BCUT2D eigenvalue weighted by Crippen LogP contribution is 2.32. The second-order valence-corrected chi connectivity index (χ2v) is 5.98. The zero-order valence-electron chi connectivity index (χ0n) is 14.0. The van der Waals surface area contributed by atoms with E-state index in [9.17, 15) is 5.11 Å². The van der Waals surface area contributed by atoms with E-state index in [4.69, 9.17) is 13.9 Å². The van der Waals surface area contributed by atoms with Crippen LogP contribution < -0.4 is 4.74 Å². The summed E-state index contributed by atoms with van der Waals surface area (Å²) in [6, 6.07) is 7.91. The summed E-state index contributed by atoms with van der Waals surface area (Å²) in [5, 5.41) is 18.0. The van der Waals surface area contributed by atoms with Crippen LogP contribution in [0.25, 0.3) is 0 Å². The zero-order valence-corrected chi connectivity index (χ0v) is 14.0. The average molecular weight is 333 g/mol. The Morgan fingerprint density at radius 3 is 2.71 bits per heavy atom. The number of nitrogens with zero attached hydrogens (tertiary/aromatic N) is 3. The number of likely N-dealkylation sites (tertiary alicyclic amines) is 1. The van der Waals surface area contributed by atoms with Crippen molar-refractivity contribution in [3.63, 3.8) is 0 Å². The van der Waals surface area contributed by atoms with Gasteiger partial charge in [0.05, 0.1) is 18.8 Å². The largest absolute Gasteiger partial charge is 0.491 e. The molecule has 24 heavy (non-hydrogen) atoms. The van der Waals surface area contributed by atoms with Gasteiger partial charge in [-0.15, -0.1) is 10.2 Å². The van der Waals surface area contributed by atoms with Gasteiger partial charge < -0.3 is 19.0 Å². The van der Waals surface area contributed by atoms with Crippen LogP contribution in [0, 0.1) is 6.92 Å². The summed E-state index contributed by atoms with van der Waals surface area (Å²) in [7, 11) is 1.65. The third kappa shape index (κ3) is 4.11. The summed E-state index contributed by atoms with van der Waals surface area (Å²) >= 11 is 0. The lowest BCUT2D eigenvalue weighted by atomic mass is 10.1. The highest BCUT2D eigenvalue weighted by atomic mass is 16.5. The Bertz CT molecular complexity index is 644. The highest BCUT2D eigenvalue weighted by Gasteiger charge is 2.35. The van der Waals surface area contributed by atoms with Crippen molar-refractivity contribution in [3.8, 4) is 5.75 Å². The first-order valence-electron chi connectivity index (χ1n) is 8.08. The quantitative estimate of drug-likeness (QED) is 0.773. The van der Waals surface area contributed by atoms with Gasteiger partial charge in [-0.3, -0.25) is 4.90 Å². The number of aliphatic hydroxyl groups is 1. The number of hydrogen-bond acceptors (Lipinski definition) is 7. The van der Waals surface area contributed by atoms with Gasteiger partial charge in [0.2, 0.25) is 11.8 Å². The molecule has 0 saturated carbocycles. The third-order valence-electron chi connectivity index (χ3n) is 4.07. The van der Waals surface area contributed by atoms with Gasteiger partial charge in [-0.25, -0.2) is 0 Å². The van der Waals surface area contributed by atoms with Crippen LogP contribution in [0.1, 0.15) is 29.8 Å². The molecule has 0 radical (unpaired) electrons. The fraction of sp³-hybridized carbons (Fsp3) is 0.529. The minimum absolute atomic E-state index is 0.0428. The van der Waals surface area contributed by atoms with E-state index in [0.717, 1.165) is 11.3 Å². The van der Waals surface area contributed by atoms with Gasteiger partial charge in [-0.2, -0.15) is 0 Å². The van der Waals surface area contributed by atoms with Crippen LogP contribution in [-0.4, -0.2) is 53.2 Å². The van der Waals surface area contributed by atoms with E-state index in [1.807, 2.05) is 24.3 Å². The molecule has 1 aromatic heterocycles. The molecule has 0 spiro atoms. The topological polar surface area (TPSA) is 80.9 Å². The number of benzene rings is 1. The van der Waals surface area contributed by atoms with E-state index in [2.05, 4.69) is 15.1 Å². The summed E-state index contributed by atoms with van der Waals surface area (Å²) in [4.78, 5) is 2.17. The van der Waals surface area contributed by atoms with Crippen molar-refractivity contribution in [1.82, 2.24) is 15.1 Å². The first kappa shape index (κ1) is 16.9. The Kier molecular flexibility index (Phi) is 5.44. The molecule has 0 bridgehead atoms. The van der Waals surface area contributed by atoms with Crippen molar-refractivity contribution >= 4 is 0 Å². The van der Waals surface area contributed by atoms with Crippen LogP contribution in [-0.2, 0) is 11.3 Å². The van der Waals surface area contributed by atoms with Crippen molar-refractivity contribution in [1.29, 1.82) is 0 Å². The Hall–Kier alpha value is -1.96. The zero-order chi connectivity index (χ0) is 16.9. The van der Waals surface area contributed by atoms with Crippen molar-refractivity contribution in [3.05, 3.63) is 41.6 Å². The monoisotopic (exact) mass is 333 g/mol.